The minimum absolute atomic E-state index is 0.0143. The Morgan fingerprint density at radius 3 is 2.64 bits per heavy atom. The van der Waals surface area contributed by atoms with Gasteiger partial charge in [-0.05, 0) is 37.3 Å². The van der Waals surface area contributed by atoms with Gasteiger partial charge in [0, 0.05) is 5.69 Å². The molecular weight excluding hydrogens is 416 g/mol. The summed E-state index contributed by atoms with van der Waals surface area (Å²) >= 11 is 5.99. The van der Waals surface area contributed by atoms with Crippen LogP contribution in [0.4, 0.5) is 20.2 Å². The van der Waals surface area contributed by atoms with Crippen LogP contribution in [0.1, 0.15) is 16.1 Å². The van der Waals surface area contributed by atoms with Crippen LogP contribution in [0.25, 0.3) is 0 Å². The fraction of sp³-hybridized carbons (Fsp3) is 0.0588. The predicted octanol–water partition coefficient (Wildman–Crippen LogP) is 3.97. The number of carbonyl (C=O) groups excluding carboxylic acids is 1. The van der Waals surface area contributed by atoms with Crippen LogP contribution >= 0.6 is 11.6 Å². The Kier molecular flexibility index (Phi) is 5.34. The largest absolute Gasteiger partial charge is 0.361 e. The van der Waals surface area contributed by atoms with E-state index in [1.165, 1.54) is 24.4 Å². The molecule has 11 heteroatoms. The van der Waals surface area contributed by atoms with Gasteiger partial charge < -0.3 is 9.84 Å². The second kappa shape index (κ2) is 7.56. The van der Waals surface area contributed by atoms with Gasteiger partial charge in [-0.3, -0.25) is 9.52 Å². The molecule has 146 valence electrons. The molecule has 0 fully saturated rings. The number of nitrogens with one attached hydrogen (secondary N) is 2. The van der Waals surface area contributed by atoms with Crippen molar-refractivity contribution in [3.8, 4) is 0 Å². The number of anilines is 2. The summed E-state index contributed by atoms with van der Waals surface area (Å²) in [6.07, 6.45) is 1.23. The number of aryl methyl sites for hydroxylation is 1. The monoisotopic (exact) mass is 427 g/mol. The average molecular weight is 428 g/mol. The first kappa shape index (κ1) is 19.8. The molecule has 0 atom stereocenters. The van der Waals surface area contributed by atoms with Crippen molar-refractivity contribution in [1.29, 1.82) is 0 Å². The fourth-order valence-corrected chi connectivity index (χ4v) is 3.67. The molecule has 28 heavy (non-hydrogen) atoms. The highest BCUT2D eigenvalue weighted by Gasteiger charge is 2.23. The van der Waals surface area contributed by atoms with Crippen molar-refractivity contribution in [3.63, 3.8) is 0 Å². The van der Waals surface area contributed by atoms with Gasteiger partial charge in [-0.15, -0.1) is 0 Å². The lowest BCUT2D eigenvalue weighted by Crippen LogP contribution is -2.16. The predicted molar refractivity (Wildman–Crippen MR) is 97.8 cm³/mol. The van der Waals surface area contributed by atoms with Crippen LogP contribution in [-0.4, -0.2) is 19.5 Å². The van der Waals surface area contributed by atoms with E-state index in [1.54, 1.807) is 6.92 Å². The minimum Gasteiger partial charge on any atom is -0.361 e. The molecule has 1 heterocycles. The van der Waals surface area contributed by atoms with Crippen LogP contribution in [0, 0.1) is 18.6 Å². The van der Waals surface area contributed by atoms with Gasteiger partial charge in [-0.2, -0.15) is 0 Å². The number of carbonyl (C=O) groups is 1. The van der Waals surface area contributed by atoms with Gasteiger partial charge in [0.05, 0.1) is 16.9 Å². The van der Waals surface area contributed by atoms with Gasteiger partial charge in [-0.1, -0.05) is 22.8 Å². The summed E-state index contributed by atoms with van der Waals surface area (Å²) in [5, 5.41) is 6.02. The van der Waals surface area contributed by atoms with Gasteiger partial charge >= 0.3 is 0 Å². The third-order valence-electron chi connectivity index (χ3n) is 3.67. The first-order valence-electron chi connectivity index (χ1n) is 7.68. The Labute approximate surface area is 163 Å². The van der Waals surface area contributed by atoms with E-state index >= 15 is 0 Å². The van der Waals surface area contributed by atoms with Gasteiger partial charge in [0.2, 0.25) is 0 Å². The first-order valence-corrected chi connectivity index (χ1v) is 9.54. The molecule has 3 aromatic rings. The van der Waals surface area contributed by atoms with E-state index in [0.717, 1.165) is 18.2 Å². The van der Waals surface area contributed by atoms with E-state index in [9.17, 15) is 22.0 Å². The Balaban J connectivity index is 1.89. The van der Waals surface area contributed by atoms with Crippen LogP contribution in [0.3, 0.4) is 0 Å². The smallest absolute Gasteiger partial charge is 0.264 e. The number of nitrogens with zero attached hydrogens (tertiary/aromatic N) is 1. The summed E-state index contributed by atoms with van der Waals surface area (Å²) < 4.78 is 58.9. The molecule has 0 aliphatic rings. The molecule has 1 aromatic heterocycles. The maximum Gasteiger partial charge on any atom is 0.264 e. The zero-order valence-electron chi connectivity index (χ0n) is 14.2. The lowest BCUT2D eigenvalue weighted by Gasteiger charge is -2.12. The van der Waals surface area contributed by atoms with Crippen molar-refractivity contribution < 1.29 is 26.5 Å². The molecule has 0 radical (unpaired) electrons. The van der Waals surface area contributed by atoms with E-state index in [-0.39, 0.29) is 22.0 Å². The third-order valence-corrected chi connectivity index (χ3v) is 5.38. The first-order chi connectivity index (χ1) is 13.2. The molecule has 3 rings (SSSR count). The summed E-state index contributed by atoms with van der Waals surface area (Å²) in [4.78, 5) is 11.3. The molecule has 0 saturated carbocycles. The molecule has 0 unspecified atom stereocenters. The SMILES string of the molecule is Cc1oncc1C(=O)Nc1ccc(Cl)c(NS(=O)(=O)c2cccc(F)c2F)c1. The lowest BCUT2D eigenvalue weighted by atomic mass is 10.2. The highest BCUT2D eigenvalue weighted by Crippen LogP contribution is 2.29. The molecule has 0 saturated heterocycles. The van der Waals surface area contributed by atoms with Crippen LogP contribution < -0.4 is 10.0 Å². The summed E-state index contributed by atoms with van der Waals surface area (Å²) in [7, 11) is -4.47. The van der Waals surface area contributed by atoms with Gasteiger partial charge in [0.1, 0.15) is 16.2 Å². The molecule has 0 spiro atoms. The summed E-state index contributed by atoms with van der Waals surface area (Å²) in [6, 6.07) is 6.77. The van der Waals surface area contributed by atoms with Crippen molar-refractivity contribution in [2.75, 3.05) is 10.0 Å². The molecular formula is C17H12ClF2N3O4S. The Morgan fingerprint density at radius 1 is 1.21 bits per heavy atom. The van der Waals surface area contributed by atoms with Gasteiger partial charge in [-0.25, -0.2) is 17.2 Å². The Hall–Kier alpha value is -2.98. The van der Waals surface area contributed by atoms with Gasteiger partial charge in [0.25, 0.3) is 15.9 Å². The number of hydrogen-bond donors (Lipinski definition) is 2. The fourth-order valence-electron chi connectivity index (χ4n) is 2.29. The van der Waals surface area contributed by atoms with Crippen molar-refractivity contribution in [2.24, 2.45) is 0 Å². The van der Waals surface area contributed by atoms with Crippen molar-refractivity contribution in [1.82, 2.24) is 5.16 Å². The topological polar surface area (TPSA) is 101 Å². The molecule has 2 aromatic carbocycles. The number of hydrogen-bond acceptors (Lipinski definition) is 5. The minimum atomic E-state index is -4.47. The molecule has 2 N–H and O–H groups in total. The van der Waals surface area contributed by atoms with E-state index in [0.29, 0.717) is 5.76 Å². The van der Waals surface area contributed by atoms with Crippen LogP contribution in [0.5, 0.6) is 0 Å². The van der Waals surface area contributed by atoms with E-state index in [4.69, 9.17) is 16.1 Å². The second-order valence-electron chi connectivity index (χ2n) is 5.60. The van der Waals surface area contributed by atoms with Crippen LogP contribution in [0.2, 0.25) is 5.02 Å². The number of sulfonamides is 1. The summed E-state index contributed by atoms with van der Waals surface area (Å²) in [6.45, 7) is 1.55. The quantitative estimate of drug-likeness (QED) is 0.641. The third kappa shape index (κ3) is 3.97. The number of aromatic nitrogens is 1. The highest BCUT2D eigenvalue weighted by molar-refractivity contribution is 7.92. The standard InChI is InChI=1S/C17H12ClF2N3O4S/c1-9-11(8-21-27-9)17(24)22-10-5-6-12(18)14(7-10)23-28(25,26)15-4-2-3-13(19)16(15)20/h2-8,23H,1H3,(H,22,24). The maximum atomic E-state index is 13.8. The maximum absolute atomic E-state index is 13.8. The molecule has 0 aliphatic heterocycles. The highest BCUT2D eigenvalue weighted by atomic mass is 35.5. The van der Waals surface area contributed by atoms with E-state index in [1.807, 2.05) is 0 Å². The average Bonchev–Trinajstić information content (AvgIpc) is 3.06. The zero-order valence-corrected chi connectivity index (χ0v) is 15.7. The molecule has 1 amide bonds. The van der Waals surface area contributed by atoms with Crippen molar-refractivity contribution in [2.45, 2.75) is 11.8 Å². The Morgan fingerprint density at radius 2 is 1.96 bits per heavy atom. The molecule has 0 bridgehead atoms. The van der Waals surface area contributed by atoms with E-state index in [2.05, 4.69) is 15.2 Å². The normalized spacial score (nSPS) is 11.3. The van der Waals surface area contributed by atoms with E-state index < -0.39 is 32.5 Å². The van der Waals surface area contributed by atoms with Gasteiger partial charge in [0.15, 0.2) is 11.6 Å². The van der Waals surface area contributed by atoms with Crippen molar-refractivity contribution >= 4 is 38.9 Å². The molecule has 0 aliphatic carbocycles. The number of halogens is 3. The van der Waals surface area contributed by atoms with Crippen LogP contribution in [0.15, 0.2) is 52.0 Å². The second-order valence-corrected chi connectivity index (χ2v) is 7.66. The lowest BCUT2D eigenvalue weighted by molar-refractivity contribution is 0.102. The van der Waals surface area contributed by atoms with Crippen molar-refractivity contribution in [3.05, 3.63) is 70.6 Å². The number of rotatable bonds is 5. The molecule has 7 nitrogen and oxygen atoms in total. The Bertz CT molecular complexity index is 1160. The summed E-state index contributed by atoms with van der Waals surface area (Å²) in [5.41, 5.74) is 0.261. The van der Waals surface area contributed by atoms with Crippen LogP contribution in [-0.2, 0) is 10.0 Å². The number of benzene rings is 2. The number of amides is 1. The summed E-state index contributed by atoms with van der Waals surface area (Å²) in [5.74, 6) is -3.06. The zero-order chi connectivity index (χ0) is 20.5.